The summed E-state index contributed by atoms with van der Waals surface area (Å²) in [7, 11) is 0. The quantitative estimate of drug-likeness (QED) is 0.559. The van der Waals surface area contributed by atoms with E-state index in [-0.39, 0.29) is 6.54 Å². The van der Waals surface area contributed by atoms with Crippen LogP contribution in [0, 0.1) is 0 Å². The van der Waals surface area contributed by atoms with Gasteiger partial charge in [0, 0.05) is 28.1 Å². The minimum Gasteiger partial charge on any atom is -0.465 e. The Labute approximate surface area is 111 Å². The highest BCUT2D eigenvalue weighted by atomic mass is 79.9. The molecule has 7 heteroatoms. The highest BCUT2D eigenvalue weighted by Gasteiger charge is 2.16. The molecule has 1 aromatic heterocycles. The monoisotopic (exact) mass is 313 g/mol. The summed E-state index contributed by atoms with van der Waals surface area (Å²) < 4.78 is 0.915. The molecule has 1 heterocycles. The first-order valence-electron chi connectivity index (χ1n) is 5.24. The Balaban J connectivity index is 2.32. The Morgan fingerprint density at radius 3 is 2.94 bits per heavy atom. The molecule has 2 aromatic rings. The summed E-state index contributed by atoms with van der Waals surface area (Å²) in [6.07, 6.45) is 0.616. The molecule has 0 aliphatic heterocycles. The zero-order chi connectivity index (χ0) is 13.1. The third-order valence-corrected chi connectivity index (χ3v) is 3.16. The standard InChI is InChI=1S/C11H12BrN3O3/c12-6-1-2-9-7(3-6)8(4-13-9)10(15-18)5-14-11(16)17/h1-4,10,13-15,18H,5H2,(H,16,17). The molecule has 0 spiro atoms. The molecular formula is C11H12BrN3O3. The summed E-state index contributed by atoms with van der Waals surface area (Å²) in [5.41, 5.74) is 3.82. The molecule has 1 unspecified atom stereocenters. The van der Waals surface area contributed by atoms with Gasteiger partial charge in [-0.25, -0.2) is 4.79 Å². The number of amides is 1. The van der Waals surface area contributed by atoms with Crippen molar-refractivity contribution in [3.8, 4) is 0 Å². The van der Waals surface area contributed by atoms with Crippen LogP contribution in [0.3, 0.4) is 0 Å². The second kappa shape index (κ2) is 5.38. The number of rotatable bonds is 4. The fourth-order valence-corrected chi connectivity index (χ4v) is 2.18. The summed E-state index contributed by atoms with van der Waals surface area (Å²) in [5, 5.41) is 20.9. The molecule has 1 aromatic carbocycles. The fraction of sp³-hybridized carbons (Fsp3) is 0.182. The van der Waals surface area contributed by atoms with Crippen molar-refractivity contribution in [3.63, 3.8) is 0 Å². The number of carbonyl (C=O) groups is 1. The molecule has 0 bridgehead atoms. The highest BCUT2D eigenvalue weighted by molar-refractivity contribution is 9.10. The Morgan fingerprint density at radius 2 is 2.28 bits per heavy atom. The maximum atomic E-state index is 10.5. The number of aromatic nitrogens is 1. The van der Waals surface area contributed by atoms with Gasteiger partial charge in [0.25, 0.3) is 0 Å². The van der Waals surface area contributed by atoms with E-state index in [0.717, 1.165) is 20.9 Å². The topological polar surface area (TPSA) is 97.4 Å². The van der Waals surface area contributed by atoms with E-state index in [1.807, 2.05) is 18.2 Å². The van der Waals surface area contributed by atoms with E-state index < -0.39 is 12.1 Å². The van der Waals surface area contributed by atoms with Gasteiger partial charge in [-0.15, -0.1) is 0 Å². The van der Waals surface area contributed by atoms with Gasteiger partial charge in [0.1, 0.15) is 0 Å². The summed E-state index contributed by atoms with van der Waals surface area (Å²) in [6.45, 7) is 0.0747. The predicted octanol–water partition coefficient (Wildman–Crippen LogP) is 2.22. The molecule has 6 nitrogen and oxygen atoms in total. The number of benzene rings is 1. The van der Waals surface area contributed by atoms with Gasteiger partial charge in [0.2, 0.25) is 0 Å². The van der Waals surface area contributed by atoms with Gasteiger partial charge in [0.15, 0.2) is 0 Å². The molecule has 5 N–H and O–H groups in total. The van der Waals surface area contributed by atoms with Crippen LogP contribution in [0.5, 0.6) is 0 Å². The minimum atomic E-state index is -1.13. The van der Waals surface area contributed by atoms with Gasteiger partial charge >= 0.3 is 6.09 Å². The van der Waals surface area contributed by atoms with Crippen molar-refractivity contribution in [2.24, 2.45) is 0 Å². The number of nitrogens with one attached hydrogen (secondary N) is 3. The first kappa shape index (κ1) is 12.9. The number of halogens is 1. The van der Waals surface area contributed by atoms with E-state index in [1.165, 1.54) is 0 Å². The average Bonchev–Trinajstić information content (AvgIpc) is 2.73. The second-order valence-electron chi connectivity index (χ2n) is 3.80. The number of hydroxylamine groups is 1. The largest absolute Gasteiger partial charge is 0.465 e. The second-order valence-corrected chi connectivity index (χ2v) is 4.72. The lowest BCUT2D eigenvalue weighted by Crippen LogP contribution is -2.32. The Kier molecular flexibility index (Phi) is 3.85. The van der Waals surface area contributed by atoms with Crippen molar-refractivity contribution in [3.05, 3.63) is 34.4 Å². The molecule has 1 amide bonds. The van der Waals surface area contributed by atoms with E-state index in [1.54, 1.807) is 6.20 Å². The normalized spacial score (nSPS) is 12.6. The third-order valence-electron chi connectivity index (χ3n) is 2.66. The van der Waals surface area contributed by atoms with Crippen molar-refractivity contribution in [2.75, 3.05) is 6.54 Å². The molecular weight excluding hydrogens is 302 g/mol. The number of hydrogen-bond acceptors (Lipinski definition) is 3. The molecule has 18 heavy (non-hydrogen) atoms. The SMILES string of the molecule is O=C(O)NCC(NO)c1c[nH]c2ccc(Br)cc12. The molecule has 0 aliphatic rings. The van der Waals surface area contributed by atoms with Crippen molar-refractivity contribution in [1.82, 2.24) is 15.8 Å². The number of hydrogen-bond donors (Lipinski definition) is 5. The summed E-state index contributed by atoms with van der Waals surface area (Å²) >= 11 is 3.38. The van der Waals surface area contributed by atoms with Crippen LogP contribution in [0.2, 0.25) is 0 Å². The van der Waals surface area contributed by atoms with Gasteiger partial charge < -0.3 is 20.6 Å². The van der Waals surface area contributed by atoms with Crippen LogP contribution in [-0.2, 0) is 0 Å². The van der Waals surface area contributed by atoms with Gasteiger partial charge in [-0.2, -0.15) is 5.48 Å². The Morgan fingerprint density at radius 1 is 1.50 bits per heavy atom. The molecule has 96 valence electrons. The van der Waals surface area contributed by atoms with Crippen molar-refractivity contribution in [1.29, 1.82) is 0 Å². The third kappa shape index (κ3) is 2.63. The van der Waals surface area contributed by atoms with Gasteiger partial charge in [-0.05, 0) is 23.8 Å². The van der Waals surface area contributed by atoms with Crippen molar-refractivity contribution >= 4 is 32.9 Å². The molecule has 0 saturated carbocycles. The van der Waals surface area contributed by atoms with E-state index in [9.17, 15) is 4.79 Å². The maximum Gasteiger partial charge on any atom is 0.404 e. The fourth-order valence-electron chi connectivity index (χ4n) is 1.82. The first-order chi connectivity index (χ1) is 8.61. The average molecular weight is 314 g/mol. The number of H-pyrrole nitrogens is 1. The summed E-state index contributed by atoms with van der Waals surface area (Å²) in [4.78, 5) is 13.5. The van der Waals surface area contributed by atoms with Crippen LogP contribution in [0.25, 0.3) is 10.9 Å². The number of fused-ring (bicyclic) bond motifs is 1. The van der Waals surface area contributed by atoms with Crippen molar-refractivity contribution in [2.45, 2.75) is 6.04 Å². The van der Waals surface area contributed by atoms with Gasteiger partial charge in [-0.1, -0.05) is 15.9 Å². The van der Waals surface area contributed by atoms with Crippen LogP contribution in [0.1, 0.15) is 11.6 Å². The molecule has 0 aliphatic carbocycles. The molecule has 0 saturated heterocycles. The zero-order valence-electron chi connectivity index (χ0n) is 9.27. The van der Waals surface area contributed by atoms with Gasteiger partial charge in [0.05, 0.1) is 6.04 Å². The lowest BCUT2D eigenvalue weighted by molar-refractivity contribution is 0.124. The predicted molar refractivity (Wildman–Crippen MR) is 69.7 cm³/mol. The molecule has 1 atom stereocenters. The van der Waals surface area contributed by atoms with Crippen LogP contribution in [-0.4, -0.2) is 27.9 Å². The lowest BCUT2D eigenvalue weighted by Gasteiger charge is -2.14. The summed E-state index contributed by atoms with van der Waals surface area (Å²) in [6, 6.07) is 5.21. The lowest BCUT2D eigenvalue weighted by atomic mass is 10.1. The Bertz CT molecular complexity index is 570. The van der Waals surface area contributed by atoms with E-state index in [0.29, 0.717) is 0 Å². The summed E-state index contributed by atoms with van der Waals surface area (Å²) in [5.74, 6) is 0. The molecule has 0 radical (unpaired) electrons. The van der Waals surface area contributed by atoms with E-state index in [2.05, 4.69) is 31.7 Å². The van der Waals surface area contributed by atoms with Crippen LogP contribution in [0.15, 0.2) is 28.9 Å². The highest BCUT2D eigenvalue weighted by Crippen LogP contribution is 2.26. The zero-order valence-corrected chi connectivity index (χ0v) is 10.9. The van der Waals surface area contributed by atoms with Crippen LogP contribution >= 0.6 is 15.9 Å². The Hall–Kier alpha value is -1.57. The molecule has 0 fully saturated rings. The smallest absolute Gasteiger partial charge is 0.404 e. The number of aromatic amines is 1. The van der Waals surface area contributed by atoms with E-state index in [4.69, 9.17) is 10.3 Å². The number of carboxylic acid groups (broad SMARTS) is 1. The van der Waals surface area contributed by atoms with Gasteiger partial charge in [-0.3, -0.25) is 0 Å². The minimum absolute atomic E-state index is 0.0747. The maximum absolute atomic E-state index is 10.5. The van der Waals surface area contributed by atoms with Crippen LogP contribution in [0.4, 0.5) is 4.79 Å². The van der Waals surface area contributed by atoms with Crippen molar-refractivity contribution < 1.29 is 15.1 Å². The first-order valence-corrected chi connectivity index (χ1v) is 6.04. The molecule has 2 rings (SSSR count). The van der Waals surface area contributed by atoms with E-state index >= 15 is 0 Å². The van der Waals surface area contributed by atoms with Crippen LogP contribution < -0.4 is 10.8 Å².